The summed E-state index contributed by atoms with van der Waals surface area (Å²) >= 11 is 7.91. The van der Waals surface area contributed by atoms with E-state index in [2.05, 4.69) is 39.5 Å². The maximum absolute atomic E-state index is 13.2. The fraction of sp³-hybridized carbons (Fsp3) is 0.231. The Kier molecular flexibility index (Phi) is 4.57. The molecule has 100 valence electrons. The molecule has 1 aromatic carbocycles. The van der Waals surface area contributed by atoms with E-state index in [0.717, 1.165) is 22.1 Å². The second kappa shape index (κ2) is 6.00. The van der Waals surface area contributed by atoms with E-state index < -0.39 is 5.82 Å². The molecule has 6 heteroatoms. The van der Waals surface area contributed by atoms with Gasteiger partial charge in [-0.15, -0.1) is 0 Å². The third kappa shape index (κ3) is 3.14. The van der Waals surface area contributed by atoms with Gasteiger partial charge in [-0.2, -0.15) is 0 Å². The number of hydrogen-bond donors (Lipinski definition) is 1. The maximum atomic E-state index is 13.2. The minimum Gasteiger partial charge on any atom is -0.383 e. The largest absolute Gasteiger partial charge is 0.383 e. The van der Waals surface area contributed by atoms with Crippen molar-refractivity contribution in [3.63, 3.8) is 0 Å². The minimum atomic E-state index is -0.460. The standard InChI is InChI=1S/C13H12ClFIN3/c1-2-3-10-11(16)12(17)19-13(18-10)7-4-5-9(15)8(14)6-7/h4-6H,2-3H2,1H3,(H2,17,18,19). The zero-order valence-corrected chi connectivity index (χ0v) is 13.2. The summed E-state index contributed by atoms with van der Waals surface area (Å²) < 4.78 is 14.0. The average Bonchev–Trinajstić information content (AvgIpc) is 2.38. The van der Waals surface area contributed by atoms with Crippen LogP contribution in [0.15, 0.2) is 18.2 Å². The van der Waals surface area contributed by atoms with E-state index in [1.165, 1.54) is 12.1 Å². The Labute approximate surface area is 129 Å². The van der Waals surface area contributed by atoms with Gasteiger partial charge in [0.1, 0.15) is 11.6 Å². The van der Waals surface area contributed by atoms with Gasteiger partial charge in [0.2, 0.25) is 0 Å². The Hall–Kier alpha value is -0.950. The molecule has 0 aliphatic carbocycles. The first-order chi connectivity index (χ1) is 9.02. The average molecular weight is 392 g/mol. The summed E-state index contributed by atoms with van der Waals surface area (Å²) in [7, 11) is 0. The van der Waals surface area contributed by atoms with Crippen molar-refractivity contribution in [2.24, 2.45) is 0 Å². The Morgan fingerprint density at radius 3 is 2.74 bits per heavy atom. The molecule has 0 atom stereocenters. The highest BCUT2D eigenvalue weighted by molar-refractivity contribution is 14.1. The second-order valence-corrected chi connectivity index (χ2v) is 5.56. The van der Waals surface area contributed by atoms with E-state index in [1.807, 2.05) is 0 Å². The molecule has 3 nitrogen and oxygen atoms in total. The molecule has 0 saturated carbocycles. The SMILES string of the molecule is CCCc1nc(-c2ccc(F)c(Cl)c2)nc(N)c1I. The van der Waals surface area contributed by atoms with Gasteiger partial charge in [0.05, 0.1) is 14.3 Å². The number of benzene rings is 1. The lowest BCUT2D eigenvalue weighted by Gasteiger charge is -2.08. The Morgan fingerprint density at radius 2 is 2.11 bits per heavy atom. The number of aromatic nitrogens is 2. The van der Waals surface area contributed by atoms with Gasteiger partial charge in [-0.05, 0) is 47.2 Å². The van der Waals surface area contributed by atoms with Crippen LogP contribution < -0.4 is 5.73 Å². The zero-order chi connectivity index (χ0) is 14.0. The van der Waals surface area contributed by atoms with Crippen molar-refractivity contribution in [1.82, 2.24) is 9.97 Å². The first-order valence-corrected chi connectivity index (χ1v) is 7.26. The minimum absolute atomic E-state index is 0.0512. The summed E-state index contributed by atoms with van der Waals surface area (Å²) in [4.78, 5) is 8.72. The maximum Gasteiger partial charge on any atom is 0.161 e. The summed E-state index contributed by atoms with van der Waals surface area (Å²) in [6.45, 7) is 2.07. The van der Waals surface area contributed by atoms with Crippen molar-refractivity contribution >= 4 is 40.0 Å². The Morgan fingerprint density at radius 1 is 1.37 bits per heavy atom. The van der Waals surface area contributed by atoms with Gasteiger partial charge in [0, 0.05) is 5.56 Å². The molecule has 0 amide bonds. The van der Waals surface area contributed by atoms with E-state index in [9.17, 15) is 4.39 Å². The molecule has 2 N–H and O–H groups in total. The highest BCUT2D eigenvalue weighted by Crippen LogP contribution is 2.26. The summed E-state index contributed by atoms with van der Waals surface area (Å²) in [5.41, 5.74) is 7.46. The lowest BCUT2D eigenvalue weighted by molar-refractivity contribution is 0.628. The second-order valence-electron chi connectivity index (χ2n) is 4.07. The summed E-state index contributed by atoms with van der Waals surface area (Å²) in [6, 6.07) is 4.40. The molecular formula is C13H12ClFIN3. The van der Waals surface area contributed by atoms with Crippen LogP contribution in [0.3, 0.4) is 0 Å². The third-order valence-electron chi connectivity index (χ3n) is 2.61. The summed E-state index contributed by atoms with van der Waals surface area (Å²) in [5.74, 6) is 0.454. The van der Waals surface area contributed by atoms with Crippen LogP contribution in [0.4, 0.5) is 10.2 Å². The molecule has 0 bridgehead atoms. The molecule has 1 aromatic heterocycles. The molecule has 0 radical (unpaired) electrons. The molecule has 0 aliphatic heterocycles. The van der Waals surface area contributed by atoms with Gasteiger partial charge < -0.3 is 5.73 Å². The van der Waals surface area contributed by atoms with Crippen molar-refractivity contribution in [3.8, 4) is 11.4 Å². The normalized spacial score (nSPS) is 10.7. The first kappa shape index (κ1) is 14.5. The molecule has 0 unspecified atom stereocenters. The van der Waals surface area contributed by atoms with Crippen LogP contribution >= 0.6 is 34.2 Å². The van der Waals surface area contributed by atoms with Crippen LogP contribution in [-0.4, -0.2) is 9.97 Å². The number of anilines is 1. The monoisotopic (exact) mass is 391 g/mol. The van der Waals surface area contributed by atoms with Gasteiger partial charge in [0.25, 0.3) is 0 Å². The number of hydrogen-bond acceptors (Lipinski definition) is 3. The number of nitrogens with zero attached hydrogens (tertiary/aromatic N) is 2. The third-order valence-corrected chi connectivity index (χ3v) is 4.07. The van der Waals surface area contributed by atoms with Crippen molar-refractivity contribution in [2.45, 2.75) is 19.8 Å². The fourth-order valence-corrected chi connectivity index (χ4v) is 2.37. The summed E-state index contributed by atoms with van der Waals surface area (Å²) in [6.07, 6.45) is 1.79. The van der Waals surface area contributed by atoms with Crippen LogP contribution in [0.2, 0.25) is 5.02 Å². The van der Waals surface area contributed by atoms with Crippen molar-refractivity contribution in [3.05, 3.63) is 38.3 Å². The molecule has 0 spiro atoms. The molecule has 1 heterocycles. The molecule has 19 heavy (non-hydrogen) atoms. The number of halogens is 3. The van der Waals surface area contributed by atoms with Gasteiger partial charge in [-0.25, -0.2) is 14.4 Å². The molecular weight excluding hydrogens is 380 g/mol. The van der Waals surface area contributed by atoms with Crippen LogP contribution in [0.25, 0.3) is 11.4 Å². The van der Waals surface area contributed by atoms with E-state index >= 15 is 0 Å². The van der Waals surface area contributed by atoms with Gasteiger partial charge in [-0.1, -0.05) is 24.9 Å². The topological polar surface area (TPSA) is 51.8 Å². The highest BCUT2D eigenvalue weighted by atomic mass is 127. The van der Waals surface area contributed by atoms with E-state index in [0.29, 0.717) is 17.2 Å². The van der Waals surface area contributed by atoms with E-state index in [-0.39, 0.29) is 5.02 Å². The molecule has 2 rings (SSSR count). The van der Waals surface area contributed by atoms with Gasteiger partial charge in [0.15, 0.2) is 5.82 Å². The zero-order valence-electron chi connectivity index (χ0n) is 10.3. The number of aryl methyl sites for hydroxylation is 1. The lowest BCUT2D eigenvalue weighted by atomic mass is 10.2. The van der Waals surface area contributed by atoms with Crippen molar-refractivity contribution in [2.75, 3.05) is 5.73 Å². The molecule has 0 saturated heterocycles. The number of nitrogen functional groups attached to an aromatic ring is 1. The highest BCUT2D eigenvalue weighted by Gasteiger charge is 2.12. The van der Waals surface area contributed by atoms with Gasteiger partial charge >= 0.3 is 0 Å². The molecule has 0 aliphatic rings. The predicted molar refractivity (Wildman–Crippen MR) is 83.6 cm³/mol. The van der Waals surface area contributed by atoms with E-state index in [1.54, 1.807) is 6.07 Å². The first-order valence-electron chi connectivity index (χ1n) is 5.80. The van der Waals surface area contributed by atoms with E-state index in [4.69, 9.17) is 17.3 Å². The quantitative estimate of drug-likeness (QED) is 0.802. The molecule has 2 aromatic rings. The fourth-order valence-electron chi connectivity index (χ4n) is 1.68. The Bertz CT molecular complexity index is 619. The van der Waals surface area contributed by atoms with Crippen molar-refractivity contribution < 1.29 is 4.39 Å². The number of nitrogens with two attached hydrogens (primary N) is 1. The van der Waals surface area contributed by atoms with Crippen molar-refractivity contribution in [1.29, 1.82) is 0 Å². The van der Waals surface area contributed by atoms with Crippen LogP contribution in [0.1, 0.15) is 19.0 Å². The van der Waals surface area contributed by atoms with Crippen LogP contribution in [0, 0.1) is 9.39 Å². The summed E-state index contributed by atoms with van der Waals surface area (Å²) in [5, 5.41) is 0.0512. The predicted octanol–water partition coefficient (Wildman–Crippen LogP) is 4.08. The van der Waals surface area contributed by atoms with Gasteiger partial charge in [-0.3, -0.25) is 0 Å². The smallest absolute Gasteiger partial charge is 0.161 e. The Balaban J connectivity index is 2.52. The molecule has 0 fully saturated rings. The number of rotatable bonds is 3. The van der Waals surface area contributed by atoms with Crippen LogP contribution in [-0.2, 0) is 6.42 Å². The lowest BCUT2D eigenvalue weighted by Crippen LogP contribution is -2.05. The van der Waals surface area contributed by atoms with Crippen LogP contribution in [0.5, 0.6) is 0 Å².